The summed E-state index contributed by atoms with van der Waals surface area (Å²) >= 11 is 0. The average Bonchev–Trinajstić information content (AvgIpc) is 3.13. The molecule has 0 radical (unpaired) electrons. The fourth-order valence-corrected chi connectivity index (χ4v) is 3.31. The second-order valence-electron chi connectivity index (χ2n) is 6.37. The highest BCUT2D eigenvalue weighted by atomic mass is 19.1. The number of pyridine rings is 1. The van der Waals surface area contributed by atoms with Gasteiger partial charge in [0.05, 0.1) is 19.2 Å². The van der Waals surface area contributed by atoms with Gasteiger partial charge >= 0.3 is 0 Å². The highest BCUT2D eigenvalue weighted by Crippen LogP contribution is 2.30. The molecule has 4 rings (SSSR count). The largest absolute Gasteiger partial charge is 0.481 e. The van der Waals surface area contributed by atoms with Crippen LogP contribution in [0.4, 0.5) is 10.1 Å². The lowest BCUT2D eigenvalue weighted by atomic mass is 10.1. The number of methoxy groups -OCH3 is 1. The Morgan fingerprint density at radius 1 is 1.32 bits per heavy atom. The molecule has 3 aromatic rings. The number of rotatable bonds is 4. The van der Waals surface area contributed by atoms with Crippen LogP contribution in [0.2, 0.25) is 0 Å². The summed E-state index contributed by atoms with van der Waals surface area (Å²) in [5.74, 6) is 0.0750. The van der Waals surface area contributed by atoms with E-state index in [9.17, 15) is 14.0 Å². The van der Waals surface area contributed by atoms with Crippen LogP contribution in [0, 0.1) is 5.82 Å². The van der Waals surface area contributed by atoms with Gasteiger partial charge in [0.25, 0.3) is 5.56 Å². The fourth-order valence-electron chi connectivity index (χ4n) is 3.31. The first-order chi connectivity index (χ1) is 13.5. The van der Waals surface area contributed by atoms with E-state index < -0.39 is 0 Å². The summed E-state index contributed by atoms with van der Waals surface area (Å²) in [5, 5.41) is 0. The molecule has 0 unspecified atom stereocenters. The van der Waals surface area contributed by atoms with Gasteiger partial charge in [0.15, 0.2) is 0 Å². The zero-order valence-corrected chi connectivity index (χ0v) is 15.1. The Balaban J connectivity index is 1.61. The smallest absolute Gasteiger partial charge is 0.251 e. The van der Waals surface area contributed by atoms with Gasteiger partial charge in [-0.1, -0.05) is 6.07 Å². The van der Waals surface area contributed by atoms with Crippen LogP contribution in [0.3, 0.4) is 0 Å². The number of halogens is 1. The Bertz CT molecular complexity index is 1110. The van der Waals surface area contributed by atoms with Crippen LogP contribution >= 0.6 is 0 Å². The minimum Gasteiger partial charge on any atom is -0.481 e. The number of nitrogens with zero attached hydrogens (tertiary/aromatic N) is 3. The summed E-state index contributed by atoms with van der Waals surface area (Å²) in [6.07, 6.45) is 1.92. The number of fused-ring (bicyclic) bond motifs is 1. The van der Waals surface area contributed by atoms with Crippen molar-refractivity contribution in [2.75, 3.05) is 18.6 Å². The maximum atomic E-state index is 13.9. The van der Waals surface area contributed by atoms with Crippen LogP contribution in [0.1, 0.15) is 11.4 Å². The van der Waals surface area contributed by atoms with E-state index in [4.69, 9.17) is 4.74 Å². The van der Waals surface area contributed by atoms with Gasteiger partial charge in [0.1, 0.15) is 11.6 Å². The number of nitrogens with one attached hydrogen (secondary N) is 1. The molecule has 0 spiro atoms. The first-order valence-corrected chi connectivity index (χ1v) is 8.73. The van der Waals surface area contributed by atoms with Crippen LogP contribution in [-0.2, 0) is 17.6 Å². The SMILES string of the molecule is COc1cc(-c2cc(=O)[nH]c(CC(=O)N3CCc4c(F)cccc43)n2)ccn1. The van der Waals surface area contributed by atoms with Crippen LogP contribution < -0.4 is 15.2 Å². The Morgan fingerprint density at radius 2 is 2.18 bits per heavy atom. The molecule has 1 aromatic carbocycles. The zero-order valence-electron chi connectivity index (χ0n) is 15.1. The lowest BCUT2D eigenvalue weighted by Gasteiger charge is -2.17. The van der Waals surface area contributed by atoms with E-state index in [1.807, 2.05) is 0 Å². The highest BCUT2D eigenvalue weighted by Gasteiger charge is 2.27. The van der Waals surface area contributed by atoms with Crippen molar-refractivity contribution < 1.29 is 13.9 Å². The number of carbonyl (C=O) groups is 1. The number of H-pyrrole nitrogens is 1. The topological polar surface area (TPSA) is 88.2 Å². The molecule has 1 N–H and O–H groups in total. The normalized spacial score (nSPS) is 12.7. The van der Waals surface area contributed by atoms with E-state index >= 15 is 0 Å². The van der Waals surface area contributed by atoms with Gasteiger partial charge in [-0.05, 0) is 24.6 Å². The Hall–Kier alpha value is -3.55. The molecule has 142 valence electrons. The molecule has 2 aromatic heterocycles. The molecular formula is C20H17FN4O3. The molecule has 1 aliphatic heterocycles. The highest BCUT2D eigenvalue weighted by molar-refractivity contribution is 5.96. The molecule has 0 bridgehead atoms. The minimum absolute atomic E-state index is 0.0960. The van der Waals surface area contributed by atoms with Crippen molar-refractivity contribution in [2.24, 2.45) is 0 Å². The zero-order chi connectivity index (χ0) is 19.7. The predicted octanol–water partition coefficient (Wildman–Crippen LogP) is 2.11. The third-order valence-corrected chi connectivity index (χ3v) is 4.62. The maximum Gasteiger partial charge on any atom is 0.251 e. The summed E-state index contributed by atoms with van der Waals surface area (Å²) in [6, 6.07) is 9.40. The molecule has 0 aliphatic carbocycles. The van der Waals surface area contributed by atoms with Crippen LogP contribution in [0.25, 0.3) is 11.3 Å². The Morgan fingerprint density at radius 3 is 3.00 bits per heavy atom. The number of amides is 1. The number of aromatic amines is 1. The summed E-state index contributed by atoms with van der Waals surface area (Å²) < 4.78 is 19.0. The predicted molar refractivity (Wildman–Crippen MR) is 101 cm³/mol. The fraction of sp³-hybridized carbons (Fsp3) is 0.200. The molecule has 0 saturated carbocycles. The quantitative estimate of drug-likeness (QED) is 0.749. The summed E-state index contributed by atoms with van der Waals surface area (Å²) in [5.41, 5.74) is 1.81. The number of anilines is 1. The van der Waals surface area contributed by atoms with Gasteiger partial charge in [0, 0.05) is 41.7 Å². The standard InChI is InChI=1S/C20H17FN4O3/c1-28-19-9-12(5-7-22-19)15-10-18(26)24-17(23-15)11-20(27)25-8-6-13-14(21)3-2-4-16(13)25/h2-5,7,9-10H,6,8,11H2,1H3,(H,23,24,26). The summed E-state index contributed by atoms with van der Waals surface area (Å²) in [7, 11) is 1.50. The second kappa shape index (κ2) is 7.22. The summed E-state index contributed by atoms with van der Waals surface area (Å²) in [4.78, 5) is 37.4. The lowest BCUT2D eigenvalue weighted by molar-refractivity contribution is -0.118. The molecule has 0 saturated heterocycles. The minimum atomic E-state index is -0.364. The van der Waals surface area contributed by atoms with Crippen molar-refractivity contribution in [3.8, 4) is 17.1 Å². The number of ether oxygens (including phenoxy) is 1. The molecule has 0 atom stereocenters. The van der Waals surface area contributed by atoms with E-state index in [-0.39, 0.29) is 29.5 Å². The van der Waals surface area contributed by atoms with Gasteiger partial charge in [0.2, 0.25) is 11.8 Å². The van der Waals surface area contributed by atoms with E-state index in [0.29, 0.717) is 41.4 Å². The second-order valence-corrected chi connectivity index (χ2v) is 6.37. The molecule has 0 fully saturated rings. The van der Waals surface area contributed by atoms with Gasteiger partial charge < -0.3 is 14.6 Å². The van der Waals surface area contributed by atoms with Gasteiger partial charge in [-0.3, -0.25) is 9.59 Å². The van der Waals surface area contributed by atoms with E-state index in [2.05, 4.69) is 15.0 Å². The van der Waals surface area contributed by atoms with Crippen molar-refractivity contribution >= 4 is 11.6 Å². The number of hydrogen-bond donors (Lipinski definition) is 1. The van der Waals surface area contributed by atoms with Gasteiger partial charge in [-0.2, -0.15) is 0 Å². The lowest BCUT2D eigenvalue weighted by Crippen LogP contribution is -2.31. The number of aromatic nitrogens is 3. The molecule has 1 amide bonds. The van der Waals surface area contributed by atoms with Gasteiger partial charge in [-0.15, -0.1) is 0 Å². The third-order valence-electron chi connectivity index (χ3n) is 4.62. The molecule has 8 heteroatoms. The van der Waals surface area contributed by atoms with Crippen molar-refractivity contribution in [2.45, 2.75) is 12.8 Å². The molecule has 3 heterocycles. The van der Waals surface area contributed by atoms with Gasteiger partial charge in [-0.25, -0.2) is 14.4 Å². The molecule has 28 heavy (non-hydrogen) atoms. The van der Waals surface area contributed by atoms with Crippen LogP contribution in [-0.4, -0.2) is 34.5 Å². The van der Waals surface area contributed by atoms with E-state index in [1.54, 1.807) is 30.5 Å². The third kappa shape index (κ3) is 3.36. The van der Waals surface area contributed by atoms with Crippen molar-refractivity contribution in [1.29, 1.82) is 0 Å². The number of hydrogen-bond acceptors (Lipinski definition) is 5. The maximum absolute atomic E-state index is 13.9. The van der Waals surface area contributed by atoms with Crippen molar-refractivity contribution in [3.05, 3.63) is 70.2 Å². The van der Waals surface area contributed by atoms with Crippen LogP contribution in [0.5, 0.6) is 5.88 Å². The number of carbonyl (C=O) groups excluding carboxylic acids is 1. The van der Waals surface area contributed by atoms with Crippen molar-refractivity contribution in [1.82, 2.24) is 15.0 Å². The Labute approximate surface area is 159 Å². The van der Waals surface area contributed by atoms with E-state index in [1.165, 1.54) is 24.1 Å². The number of benzene rings is 1. The first-order valence-electron chi connectivity index (χ1n) is 8.73. The Kier molecular flexibility index (Phi) is 4.60. The molecular weight excluding hydrogens is 363 g/mol. The van der Waals surface area contributed by atoms with Crippen LogP contribution in [0.15, 0.2) is 47.4 Å². The molecule has 1 aliphatic rings. The monoisotopic (exact) mass is 380 g/mol. The first kappa shape index (κ1) is 17.8. The van der Waals surface area contributed by atoms with E-state index in [0.717, 1.165) is 0 Å². The summed E-state index contributed by atoms with van der Waals surface area (Å²) in [6.45, 7) is 0.403. The molecule has 7 nitrogen and oxygen atoms in total. The van der Waals surface area contributed by atoms with Crippen molar-refractivity contribution in [3.63, 3.8) is 0 Å². The average molecular weight is 380 g/mol.